The van der Waals surface area contributed by atoms with Gasteiger partial charge >= 0.3 is 0 Å². The molecule has 0 fully saturated rings. The molecule has 0 unspecified atom stereocenters. The Morgan fingerprint density at radius 1 is 1.07 bits per heavy atom. The highest BCUT2D eigenvalue weighted by Gasteiger charge is 2.43. The summed E-state index contributed by atoms with van der Waals surface area (Å²) in [6.07, 6.45) is 1.76. The van der Waals surface area contributed by atoms with Crippen molar-refractivity contribution in [3.8, 4) is 0 Å². The number of halogens is 2. The molecule has 0 radical (unpaired) electrons. The van der Waals surface area contributed by atoms with Crippen LogP contribution in [0.3, 0.4) is 0 Å². The number of anilines is 2. The molecule has 140 valence electrons. The minimum atomic E-state index is -0.899. The number of rotatable bonds is 3. The summed E-state index contributed by atoms with van der Waals surface area (Å²) in [6.45, 7) is 0.0955. The van der Waals surface area contributed by atoms with Crippen LogP contribution >= 0.6 is 11.6 Å². The zero-order chi connectivity index (χ0) is 19.7. The molecule has 0 aliphatic carbocycles. The Hall–Kier alpha value is -3.25. The number of nitrogens with zero attached hydrogens (tertiary/aromatic N) is 2. The van der Waals surface area contributed by atoms with Crippen LogP contribution in [-0.2, 0) is 16.1 Å². The highest BCUT2D eigenvalue weighted by Crippen LogP contribution is 2.30. The first-order valence-corrected chi connectivity index (χ1v) is 9.03. The van der Waals surface area contributed by atoms with E-state index in [9.17, 15) is 14.0 Å². The van der Waals surface area contributed by atoms with Crippen LogP contribution in [0, 0.1) is 5.82 Å². The minimum absolute atomic E-state index is 0.0955. The number of carbonyl (C=O) groups is 2. The highest BCUT2D eigenvalue weighted by atomic mass is 35.5. The van der Waals surface area contributed by atoms with Gasteiger partial charge in [0.15, 0.2) is 6.20 Å². The maximum Gasteiger partial charge on any atom is 0.294 e. The summed E-state index contributed by atoms with van der Waals surface area (Å²) in [4.78, 5) is 27.5. The Kier molecular flexibility index (Phi) is 4.79. The van der Waals surface area contributed by atoms with Gasteiger partial charge in [-0.1, -0.05) is 17.7 Å². The normalized spacial score (nSPS) is 15.9. The van der Waals surface area contributed by atoms with E-state index >= 15 is 0 Å². The predicted octanol–water partition coefficient (Wildman–Crippen LogP) is 3.49. The monoisotopic (exact) mass is 396 g/mol. The van der Waals surface area contributed by atoms with E-state index in [1.54, 1.807) is 47.2 Å². The molecule has 5 nitrogen and oxygen atoms in total. The lowest BCUT2D eigenvalue weighted by molar-refractivity contribution is -0.695. The fourth-order valence-corrected chi connectivity index (χ4v) is 3.40. The lowest BCUT2D eigenvalue weighted by Crippen LogP contribution is -2.58. The Labute approximate surface area is 166 Å². The van der Waals surface area contributed by atoms with Crippen molar-refractivity contribution in [3.63, 3.8) is 0 Å². The minimum Gasteiger partial charge on any atom is -0.324 e. The first-order chi connectivity index (χ1) is 13.5. The molecule has 0 bridgehead atoms. The molecule has 1 N–H and O–H groups in total. The molecule has 0 spiro atoms. The lowest BCUT2D eigenvalue weighted by atomic mass is 10.0. The third-order valence-corrected chi connectivity index (χ3v) is 4.81. The number of nitrogens with one attached hydrogen (secondary N) is 1. The van der Waals surface area contributed by atoms with Crippen molar-refractivity contribution >= 4 is 34.8 Å². The van der Waals surface area contributed by atoms with Gasteiger partial charge in [0.05, 0.1) is 0 Å². The molecular weight excluding hydrogens is 381 g/mol. The summed E-state index contributed by atoms with van der Waals surface area (Å²) in [6, 6.07) is 16.8. The lowest BCUT2D eigenvalue weighted by Gasteiger charge is -2.32. The van der Waals surface area contributed by atoms with E-state index in [0.29, 0.717) is 22.1 Å². The molecular formula is C21H16ClFN3O2+. The van der Waals surface area contributed by atoms with Crippen molar-refractivity contribution in [2.75, 3.05) is 10.2 Å². The smallest absolute Gasteiger partial charge is 0.294 e. The van der Waals surface area contributed by atoms with E-state index in [0.717, 1.165) is 0 Å². The molecule has 0 saturated heterocycles. The summed E-state index contributed by atoms with van der Waals surface area (Å²) in [5.41, 5.74) is 1.68. The Morgan fingerprint density at radius 2 is 1.79 bits per heavy atom. The van der Waals surface area contributed by atoms with Crippen molar-refractivity contribution in [3.05, 3.63) is 89.5 Å². The van der Waals surface area contributed by atoms with Crippen LogP contribution in [0.15, 0.2) is 72.9 Å². The summed E-state index contributed by atoms with van der Waals surface area (Å²) < 4.78 is 15.1. The van der Waals surface area contributed by atoms with Crippen LogP contribution in [-0.4, -0.2) is 11.8 Å². The highest BCUT2D eigenvalue weighted by molar-refractivity contribution is 6.30. The van der Waals surface area contributed by atoms with Crippen LogP contribution in [0.4, 0.5) is 15.8 Å². The number of benzene rings is 2. The fraction of sp³-hybridized carbons (Fsp3) is 0.0952. The van der Waals surface area contributed by atoms with E-state index in [1.807, 2.05) is 6.07 Å². The predicted molar refractivity (Wildman–Crippen MR) is 103 cm³/mol. The van der Waals surface area contributed by atoms with E-state index in [-0.39, 0.29) is 18.4 Å². The Morgan fingerprint density at radius 3 is 2.50 bits per heavy atom. The van der Waals surface area contributed by atoms with Gasteiger partial charge < -0.3 is 5.32 Å². The Balaban J connectivity index is 1.75. The van der Waals surface area contributed by atoms with Gasteiger partial charge in [0.2, 0.25) is 18.3 Å². The number of carbonyl (C=O) groups excluding carboxylic acids is 2. The molecule has 1 aromatic heterocycles. The van der Waals surface area contributed by atoms with Crippen molar-refractivity contribution in [1.29, 1.82) is 0 Å². The van der Waals surface area contributed by atoms with Crippen molar-refractivity contribution in [2.24, 2.45) is 0 Å². The van der Waals surface area contributed by atoms with Crippen LogP contribution < -0.4 is 14.8 Å². The first-order valence-electron chi connectivity index (χ1n) is 8.65. The summed E-state index contributed by atoms with van der Waals surface area (Å²) in [7, 11) is 0. The van der Waals surface area contributed by atoms with Crippen molar-refractivity contribution < 1.29 is 18.5 Å². The maximum absolute atomic E-state index is 13.4. The molecule has 4 rings (SSSR count). The van der Waals surface area contributed by atoms with E-state index in [1.165, 1.54) is 29.2 Å². The van der Waals surface area contributed by atoms with Gasteiger partial charge in [-0.15, -0.1) is 0 Å². The molecule has 7 heteroatoms. The molecule has 3 aromatic rings. The number of amides is 2. The van der Waals surface area contributed by atoms with Crippen LogP contribution in [0.1, 0.15) is 11.7 Å². The first kappa shape index (κ1) is 18.1. The molecule has 28 heavy (non-hydrogen) atoms. The van der Waals surface area contributed by atoms with Gasteiger partial charge in [0.25, 0.3) is 11.8 Å². The number of aromatic nitrogens is 1. The molecule has 2 amide bonds. The molecule has 0 saturated carbocycles. The molecule has 2 heterocycles. The Bertz CT molecular complexity index is 1040. The average Bonchev–Trinajstić information content (AvgIpc) is 2.69. The quantitative estimate of drug-likeness (QED) is 0.689. The second-order valence-electron chi connectivity index (χ2n) is 6.39. The van der Waals surface area contributed by atoms with Gasteiger partial charge in [-0.05, 0) is 48.5 Å². The number of hydrogen-bond donors (Lipinski definition) is 1. The standard InChI is InChI=1S/C21H15ClFN3O2/c22-14-4-8-16(9-5-14)24-21(28)20-18-3-1-2-12-25(18)13-19(27)26(20)17-10-6-15(23)7-11-17/h1-12,20H,13H2/p+1/t20-/m1/s1. The fourth-order valence-electron chi connectivity index (χ4n) is 3.27. The third kappa shape index (κ3) is 3.46. The molecule has 1 aliphatic heterocycles. The maximum atomic E-state index is 13.4. The largest absolute Gasteiger partial charge is 0.324 e. The van der Waals surface area contributed by atoms with Crippen LogP contribution in [0.5, 0.6) is 0 Å². The summed E-state index contributed by atoms with van der Waals surface area (Å²) >= 11 is 5.90. The number of pyridine rings is 1. The average molecular weight is 397 g/mol. The number of fused-ring (bicyclic) bond motifs is 1. The third-order valence-electron chi connectivity index (χ3n) is 4.55. The second kappa shape index (κ2) is 7.40. The van der Waals surface area contributed by atoms with Gasteiger partial charge in [-0.3, -0.25) is 14.5 Å². The topological polar surface area (TPSA) is 53.3 Å². The van der Waals surface area contributed by atoms with Crippen molar-refractivity contribution in [2.45, 2.75) is 12.6 Å². The zero-order valence-electron chi connectivity index (χ0n) is 14.7. The van der Waals surface area contributed by atoms with E-state index in [2.05, 4.69) is 5.32 Å². The molecule has 2 aromatic carbocycles. The van der Waals surface area contributed by atoms with Crippen LogP contribution in [0.25, 0.3) is 0 Å². The number of hydrogen-bond acceptors (Lipinski definition) is 2. The van der Waals surface area contributed by atoms with Crippen molar-refractivity contribution in [1.82, 2.24) is 0 Å². The van der Waals surface area contributed by atoms with Crippen LogP contribution in [0.2, 0.25) is 5.02 Å². The van der Waals surface area contributed by atoms with E-state index in [4.69, 9.17) is 11.6 Å². The zero-order valence-corrected chi connectivity index (χ0v) is 15.4. The van der Waals surface area contributed by atoms with Gasteiger partial charge in [-0.2, -0.15) is 4.57 Å². The second-order valence-corrected chi connectivity index (χ2v) is 6.83. The summed E-state index contributed by atoms with van der Waals surface area (Å²) in [5.74, 6) is -1.05. The van der Waals surface area contributed by atoms with Gasteiger partial charge in [0.1, 0.15) is 5.82 Å². The summed E-state index contributed by atoms with van der Waals surface area (Å²) in [5, 5.41) is 3.39. The van der Waals surface area contributed by atoms with E-state index < -0.39 is 11.9 Å². The van der Waals surface area contributed by atoms with Gasteiger partial charge in [0, 0.05) is 28.5 Å². The molecule has 1 aliphatic rings. The molecule has 1 atom stereocenters. The SMILES string of the molecule is O=C(Nc1ccc(Cl)cc1)[C@H]1c2cccc[n+]2CC(=O)N1c1ccc(F)cc1. The van der Waals surface area contributed by atoms with Gasteiger partial charge in [-0.25, -0.2) is 4.39 Å².